The summed E-state index contributed by atoms with van der Waals surface area (Å²) >= 11 is 0. The molecule has 0 spiro atoms. The normalized spacial score (nSPS) is 26.8. The molecule has 1 saturated heterocycles. The molecule has 0 radical (unpaired) electrons. The Morgan fingerprint density at radius 1 is 1.35 bits per heavy atom. The van der Waals surface area contributed by atoms with Crippen LogP contribution in [0.15, 0.2) is 18.2 Å². The van der Waals surface area contributed by atoms with Crippen LogP contribution in [0.2, 0.25) is 0 Å². The third-order valence-electron chi connectivity index (χ3n) is 4.40. The lowest BCUT2D eigenvalue weighted by Crippen LogP contribution is -2.52. The Bertz CT molecular complexity index is 524. The van der Waals surface area contributed by atoms with E-state index in [2.05, 4.69) is 11.0 Å². The number of nitriles is 1. The monoisotopic (exact) mass is 274 g/mol. The third kappa shape index (κ3) is 2.70. The van der Waals surface area contributed by atoms with Crippen LogP contribution in [0.4, 0.5) is 4.39 Å². The number of nitrogens with zero attached hydrogens (tertiary/aromatic N) is 2. The number of ether oxygens (including phenoxy) is 1. The van der Waals surface area contributed by atoms with Gasteiger partial charge in [-0.05, 0) is 31.0 Å². The molecule has 3 rings (SSSR count). The van der Waals surface area contributed by atoms with Gasteiger partial charge in [0.15, 0.2) is 0 Å². The molecule has 0 amide bonds. The van der Waals surface area contributed by atoms with Crippen molar-refractivity contribution in [1.29, 1.82) is 5.26 Å². The zero-order valence-corrected chi connectivity index (χ0v) is 11.5. The van der Waals surface area contributed by atoms with E-state index in [0.717, 1.165) is 26.0 Å². The molecule has 4 heteroatoms. The molecule has 20 heavy (non-hydrogen) atoms. The highest BCUT2D eigenvalue weighted by molar-refractivity contribution is 5.33. The van der Waals surface area contributed by atoms with Gasteiger partial charge in [-0.25, -0.2) is 4.39 Å². The summed E-state index contributed by atoms with van der Waals surface area (Å²) in [6.45, 7) is 2.14. The minimum Gasteiger partial charge on any atom is -0.375 e. The first-order valence-electron chi connectivity index (χ1n) is 7.32. The zero-order valence-electron chi connectivity index (χ0n) is 11.5. The Labute approximate surface area is 119 Å². The average molecular weight is 274 g/mol. The highest BCUT2D eigenvalue weighted by Crippen LogP contribution is 2.29. The number of rotatable bonds is 2. The SMILES string of the molecule is N#Cc1ccc(F)c(CN2CCO[C@@H]3CCCC[C@H]32)c1. The van der Waals surface area contributed by atoms with E-state index in [-0.39, 0.29) is 5.82 Å². The second-order valence-corrected chi connectivity index (χ2v) is 5.65. The van der Waals surface area contributed by atoms with Crippen molar-refractivity contribution in [2.24, 2.45) is 0 Å². The van der Waals surface area contributed by atoms with Crippen molar-refractivity contribution in [3.63, 3.8) is 0 Å². The summed E-state index contributed by atoms with van der Waals surface area (Å²) in [7, 11) is 0. The van der Waals surface area contributed by atoms with E-state index in [4.69, 9.17) is 10.00 Å². The van der Waals surface area contributed by atoms with E-state index in [1.54, 1.807) is 6.07 Å². The fourth-order valence-electron chi connectivity index (χ4n) is 3.36. The third-order valence-corrected chi connectivity index (χ3v) is 4.40. The van der Waals surface area contributed by atoms with Crippen molar-refractivity contribution in [3.05, 3.63) is 35.1 Å². The quantitative estimate of drug-likeness (QED) is 0.832. The maximum absolute atomic E-state index is 13.9. The summed E-state index contributed by atoms with van der Waals surface area (Å²) in [6, 6.07) is 7.08. The Morgan fingerprint density at radius 2 is 2.20 bits per heavy atom. The van der Waals surface area contributed by atoms with Crippen molar-refractivity contribution >= 4 is 0 Å². The molecule has 0 aromatic heterocycles. The lowest BCUT2D eigenvalue weighted by atomic mass is 9.90. The molecule has 1 aliphatic carbocycles. The topological polar surface area (TPSA) is 36.3 Å². The van der Waals surface area contributed by atoms with Crippen LogP contribution in [0, 0.1) is 17.1 Å². The highest BCUT2D eigenvalue weighted by Gasteiger charge is 2.34. The van der Waals surface area contributed by atoms with Crippen molar-refractivity contribution in [1.82, 2.24) is 4.90 Å². The molecule has 2 aliphatic rings. The molecule has 0 N–H and O–H groups in total. The highest BCUT2D eigenvalue weighted by atomic mass is 19.1. The summed E-state index contributed by atoms with van der Waals surface area (Å²) in [5.74, 6) is -0.220. The van der Waals surface area contributed by atoms with Crippen LogP contribution in [0.1, 0.15) is 36.8 Å². The van der Waals surface area contributed by atoms with Crippen LogP contribution >= 0.6 is 0 Å². The van der Waals surface area contributed by atoms with Crippen LogP contribution in [-0.4, -0.2) is 30.2 Å². The molecule has 106 valence electrons. The maximum Gasteiger partial charge on any atom is 0.127 e. The predicted octanol–water partition coefficient (Wildman–Crippen LogP) is 2.84. The lowest BCUT2D eigenvalue weighted by molar-refractivity contribution is -0.0913. The summed E-state index contributed by atoms with van der Waals surface area (Å²) in [4.78, 5) is 2.33. The molecule has 2 fully saturated rings. The van der Waals surface area contributed by atoms with Gasteiger partial charge in [-0.3, -0.25) is 4.90 Å². The zero-order chi connectivity index (χ0) is 13.9. The fraction of sp³-hybridized carbons (Fsp3) is 0.562. The standard InChI is InChI=1S/C16H19FN2O/c17-14-6-5-12(10-18)9-13(14)11-19-7-8-20-16-4-2-1-3-15(16)19/h5-6,9,15-16H,1-4,7-8,11H2/t15-,16-/m1/s1. The van der Waals surface area contributed by atoms with Crippen molar-refractivity contribution < 1.29 is 9.13 Å². The number of halogens is 1. The molecule has 1 aromatic rings. The summed E-state index contributed by atoms with van der Waals surface area (Å²) in [6.07, 6.45) is 5.00. The van der Waals surface area contributed by atoms with E-state index in [1.807, 2.05) is 0 Å². The second kappa shape index (κ2) is 5.90. The van der Waals surface area contributed by atoms with E-state index >= 15 is 0 Å². The van der Waals surface area contributed by atoms with Gasteiger partial charge >= 0.3 is 0 Å². The Kier molecular flexibility index (Phi) is 4.00. The molecule has 1 saturated carbocycles. The Hall–Kier alpha value is -1.44. The number of morpholine rings is 1. The van der Waals surface area contributed by atoms with Gasteiger partial charge in [0.05, 0.1) is 24.3 Å². The van der Waals surface area contributed by atoms with Crippen LogP contribution in [0.3, 0.4) is 0 Å². The predicted molar refractivity (Wildman–Crippen MR) is 73.5 cm³/mol. The largest absolute Gasteiger partial charge is 0.375 e. The van der Waals surface area contributed by atoms with E-state index < -0.39 is 0 Å². The van der Waals surface area contributed by atoms with Gasteiger partial charge in [-0.1, -0.05) is 12.8 Å². The summed E-state index contributed by atoms with van der Waals surface area (Å²) in [5.41, 5.74) is 1.14. The molecule has 1 heterocycles. The van der Waals surface area contributed by atoms with Crippen LogP contribution < -0.4 is 0 Å². The molecule has 1 aliphatic heterocycles. The molecule has 1 aromatic carbocycles. The molecule has 2 atom stereocenters. The van der Waals surface area contributed by atoms with Gasteiger partial charge in [0.25, 0.3) is 0 Å². The molecular formula is C16H19FN2O. The van der Waals surface area contributed by atoms with Crippen LogP contribution in [0.25, 0.3) is 0 Å². The van der Waals surface area contributed by atoms with Gasteiger partial charge in [0, 0.05) is 24.7 Å². The number of fused-ring (bicyclic) bond motifs is 1. The Morgan fingerprint density at radius 3 is 3.05 bits per heavy atom. The second-order valence-electron chi connectivity index (χ2n) is 5.65. The van der Waals surface area contributed by atoms with E-state index in [0.29, 0.717) is 29.8 Å². The minimum atomic E-state index is -0.220. The maximum atomic E-state index is 13.9. The first-order chi connectivity index (χ1) is 9.78. The minimum absolute atomic E-state index is 0.220. The van der Waals surface area contributed by atoms with Crippen molar-refractivity contribution in [2.75, 3.05) is 13.2 Å². The van der Waals surface area contributed by atoms with Gasteiger partial charge in [-0.15, -0.1) is 0 Å². The smallest absolute Gasteiger partial charge is 0.127 e. The van der Waals surface area contributed by atoms with Gasteiger partial charge in [0.1, 0.15) is 5.82 Å². The van der Waals surface area contributed by atoms with Crippen LogP contribution in [0.5, 0.6) is 0 Å². The van der Waals surface area contributed by atoms with Gasteiger partial charge in [-0.2, -0.15) is 5.26 Å². The van der Waals surface area contributed by atoms with E-state index in [9.17, 15) is 4.39 Å². The Balaban J connectivity index is 1.78. The van der Waals surface area contributed by atoms with E-state index in [1.165, 1.54) is 25.0 Å². The fourth-order valence-corrected chi connectivity index (χ4v) is 3.36. The lowest BCUT2D eigenvalue weighted by Gasteiger charge is -2.43. The van der Waals surface area contributed by atoms with Gasteiger partial charge in [0.2, 0.25) is 0 Å². The number of hydrogen-bond donors (Lipinski definition) is 0. The molecule has 3 nitrogen and oxygen atoms in total. The number of benzene rings is 1. The molecule has 0 bridgehead atoms. The first kappa shape index (κ1) is 13.5. The van der Waals surface area contributed by atoms with Gasteiger partial charge < -0.3 is 4.74 Å². The van der Waals surface area contributed by atoms with Crippen molar-refractivity contribution in [3.8, 4) is 6.07 Å². The molecular weight excluding hydrogens is 255 g/mol. The average Bonchev–Trinajstić information content (AvgIpc) is 2.50. The molecule has 0 unspecified atom stereocenters. The first-order valence-corrected chi connectivity index (χ1v) is 7.32. The van der Waals surface area contributed by atoms with Crippen LogP contribution in [-0.2, 0) is 11.3 Å². The van der Waals surface area contributed by atoms with Crippen molar-refractivity contribution in [2.45, 2.75) is 44.4 Å². The number of hydrogen-bond acceptors (Lipinski definition) is 3. The summed E-state index contributed by atoms with van der Waals surface area (Å²) < 4.78 is 19.8. The summed E-state index contributed by atoms with van der Waals surface area (Å²) in [5, 5.41) is 8.94.